The molecular weight excluding hydrogens is 264 g/mol. The topological polar surface area (TPSA) is 51.0 Å². The molecule has 2 heterocycles. The van der Waals surface area contributed by atoms with Gasteiger partial charge >= 0.3 is 0 Å². The Morgan fingerprint density at radius 3 is 2.90 bits per heavy atom. The standard InChI is InChI=1S/C16H18N4O/c21-16(9-8-14-5-2-1-3-6-14)19-10-4-7-15(11-19)20-13-17-12-18-20/h1-3,5-6,8-9,12-13,15H,4,7,10-11H2/b9-8+. The first kappa shape index (κ1) is 13.5. The summed E-state index contributed by atoms with van der Waals surface area (Å²) in [5.74, 6) is 0.0590. The highest BCUT2D eigenvalue weighted by molar-refractivity contribution is 5.91. The molecule has 1 aromatic heterocycles. The number of likely N-dealkylation sites (tertiary alicyclic amines) is 1. The largest absolute Gasteiger partial charge is 0.337 e. The van der Waals surface area contributed by atoms with Crippen LogP contribution in [0.3, 0.4) is 0 Å². The number of carbonyl (C=O) groups excluding carboxylic acids is 1. The van der Waals surface area contributed by atoms with E-state index in [1.165, 1.54) is 6.33 Å². The van der Waals surface area contributed by atoms with Gasteiger partial charge in [-0.25, -0.2) is 9.67 Å². The summed E-state index contributed by atoms with van der Waals surface area (Å²) >= 11 is 0. The molecule has 1 saturated heterocycles. The number of hydrogen-bond donors (Lipinski definition) is 0. The fourth-order valence-electron chi connectivity index (χ4n) is 2.61. The Kier molecular flexibility index (Phi) is 4.09. The lowest BCUT2D eigenvalue weighted by molar-refractivity contribution is -0.127. The van der Waals surface area contributed by atoms with E-state index in [-0.39, 0.29) is 11.9 Å². The molecule has 1 unspecified atom stereocenters. The van der Waals surface area contributed by atoms with E-state index >= 15 is 0 Å². The Labute approximate surface area is 123 Å². The summed E-state index contributed by atoms with van der Waals surface area (Å²) in [6.07, 6.45) is 8.81. The molecule has 5 heteroatoms. The number of carbonyl (C=O) groups is 1. The molecule has 1 aliphatic heterocycles. The molecule has 1 aliphatic rings. The van der Waals surface area contributed by atoms with Crippen molar-refractivity contribution in [3.8, 4) is 0 Å². The Hall–Kier alpha value is -2.43. The highest BCUT2D eigenvalue weighted by Gasteiger charge is 2.23. The third kappa shape index (κ3) is 3.37. The van der Waals surface area contributed by atoms with Crippen molar-refractivity contribution in [1.82, 2.24) is 19.7 Å². The maximum Gasteiger partial charge on any atom is 0.246 e. The van der Waals surface area contributed by atoms with E-state index in [0.717, 1.165) is 24.9 Å². The minimum absolute atomic E-state index is 0.0590. The summed E-state index contributed by atoms with van der Waals surface area (Å²) in [7, 11) is 0. The normalized spacial score (nSPS) is 19.0. The van der Waals surface area contributed by atoms with Gasteiger partial charge in [-0.1, -0.05) is 30.3 Å². The number of nitrogens with zero attached hydrogens (tertiary/aromatic N) is 4. The minimum Gasteiger partial charge on any atom is -0.337 e. The van der Waals surface area contributed by atoms with Gasteiger partial charge in [-0.05, 0) is 24.5 Å². The van der Waals surface area contributed by atoms with Crippen molar-refractivity contribution in [2.24, 2.45) is 0 Å². The summed E-state index contributed by atoms with van der Waals surface area (Å²) in [5.41, 5.74) is 1.04. The third-order valence-corrected chi connectivity index (χ3v) is 3.74. The summed E-state index contributed by atoms with van der Waals surface area (Å²) in [4.78, 5) is 18.1. The second-order valence-corrected chi connectivity index (χ2v) is 5.20. The van der Waals surface area contributed by atoms with Crippen molar-refractivity contribution >= 4 is 12.0 Å². The first-order valence-corrected chi connectivity index (χ1v) is 7.19. The smallest absolute Gasteiger partial charge is 0.246 e. The van der Waals surface area contributed by atoms with Crippen LogP contribution in [-0.4, -0.2) is 38.7 Å². The molecule has 5 nitrogen and oxygen atoms in total. The van der Waals surface area contributed by atoms with Gasteiger partial charge in [0.05, 0.1) is 6.04 Å². The van der Waals surface area contributed by atoms with Crippen LogP contribution in [-0.2, 0) is 4.79 Å². The van der Waals surface area contributed by atoms with Crippen LogP contribution < -0.4 is 0 Å². The van der Waals surface area contributed by atoms with E-state index in [0.29, 0.717) is 6.54 Å². The lowest BCUT2D eigenvalue weighted by Gasteiger charge is -2.31. The zero-order valence-electron chi connectivity index (χ0n) is 11.8. The first-order chi connectivity index (χ1) is 10.3. The predicted octanol–water partition coefficient (Wildman–Crippen LogP) is 2.16. The summed E-state index contributed by atoms with van der Waals surface area (Å²) in [5, 5.41) is 4.18. The van der Waals surface area contributed by atoms with E-state index in [9.17, 15) is 4.79 Å². The number of piperidine rings is 1. The molecule has 108 valence electrons. The van der Waals surface area contributed by atoms with Crippen molar-refractivity contribution in [1.29, 1.82) is 0 Å². The third-order valence-electron chi connectivity index (χ3n) is 3.74. The van der Waals surface area contributed by atoms with Gasteiger partial charge in [-0.3, -0.25) is 4.79 Å². The predicted molar refractivity (Wildman–Crippen MR) is 80.3 cm³/mol. The SMILES string of the molecule is O=C(/C=C/c1ccccc1)N1CCCC(n2cncn2)C1. The molecule has 0 bridgehead atoms. The quantitative estimate of drug-likeness (QED) is 0.811. The monoisotopic (exact) mass is 282 g/mol. The van der Waals surface area contributed by atoms with Crippen LogP contribution in [0, 0.1) is 0 Å². The second-order valence-electron chi connectivity index (χ2n) is 5.20. The lowest BCUT2D eigenvalue weighted by atomic mass is 10.1. The van der Waals surface area contributed by atoms with Crippen LogP contribution in [0.2, 0.25) is 0 Å². The molecule has 3 rings (SSSR count). The lowest BCUT2D eigenvalue weighted by Crippen LogP contribution is -2.40. The molecule has 21 heavy (non-hydrogen) atoms. The Balaban J connectivity index is 1.63. The molecule has 1 fully saturated rings. The number of aromatic nitrogens is 3. The van der Waals surface area contributed by atoms with Crippen molar-refractivity contribution in [2.75, 3.05) is 13.1 Å². The van der Waals surface area contributed by atoms with Crippen LogP contribution in [0.5, 0.6) is 0 Å². The zero-order chi connectivity index (χ0) is 14.5. The average molecular weight is 282 g/mol. The Bertz CT molecular complexity index is 606. The number of rotatable bonds is 3. The van der Waals surface area contributed by atoms with Gasteiger partial charge in [-0.15, -0.1) is 0 Å². The first-order valence-electron chi connectivity index (χ1n) is 7.19. The van der Waals surface area contributed by atoms with Crippen LogP contribution in [0.15, 0.2) is 49.1 Å². The summed E-state index contributed by atoms with van der Waals surface area (Å²) in [6, 6.07) is 10.1. The molecular formula is C16H18N4O. The van der Waals surface area contributed by atoms with E-state index < -0.39 is 0 Å². The Morgan fingerprint density at radius 1 is 1.29 bits per heavy atom. The highest BCUT2D eigenvalue weighted by atomic mass is 16.2. The minimum atomic E-state index is 0.0590. The van der Waals surface area contributed by atoms with E-state index in [1.54, 1.807) is 12.4 Å². The zero-order valence-corrected chi connectivity index (χ0v) is 11.8. The van der Waals surface area contributed by atoms with Crippen molar-refractivity contribution in [3.05, 3.63) is 54.6 Å². The van der Waals surface area contributed by atoms with Gasteiger partial charge in [0.1, 0.15) is 12.7 Å². The molecule has 1 atom stereocenters. The van der Waals surface area contributed by atoms with Crippen molar-refractivity contribution in [3.63, 3.8) is 0 Å². The fraction of sp³-hybridized carbons (Fsp3) is 0.312. The highest BCUT2D eigenvalue weighted by Crippen LogP contribution is 2.20. The molecule has 0 radical (unpaired) electrons. The molecule has 2 aromatic rings. The maximum atomic E-state index is 12.3. The average Bonchev–Trinajstić information content (AvgIpc) is 3.08. The van der Waals surface area contributed by atoms with Crippen LogP contribution in [0.4, 0.5) is 0 Å². The molecule has 0 aliphatic carbocycles. The van der Waals surface area contributed by atoms with Crippen LogP contribution in [0.25, 0.3) is 6.08 Å². The Morgan fingerprint density at radius 2 is 2.14 bits per heavy atom. The number of hydrogen-bond acceptors (Lipinski definition) is 3. The van der Waals surface area contributed by atoms with E-state index in [4.69, 9.17) is 0 Å². The molecule has 0 saturated carbocycles. The van der Waals surface area contributed by atoms with Gasteiger partial charge in [-0.2, -0.15) is 5.10 Å². The second kappa shape index (κ2) is 6.35. The van der Waals surface area contributed by atoms with Crippen molar-refractivity contribution in [2.45, 2.75) is 18.9 Å². The summed E-state index contributed by atoms with van der Waals surface area (Å²) < 4.78 is 1.85. The van der Waals surface area contributed by atoms with Crippen LogP contribution in [0.1, 0.15) is 24.4 Å². The van der Waals surface area contributed by atoms with Gasteiger partial charge in [0.2, 0.25) is 5.91 Å². The summed E-state index contributed by atoms with van der Waals surface area (Å²) in [6.45, 7) is 1.50. The van der Waals surface area contributed by atoms with E-state index in [2.05, 4.69) is 10.1 Å². The van der Waals surface area contributed by atoms with Gasteiger partial charge in [0, 0.05) is 19.2 Å². The molecule has 0 N–H and O–H groups in total. The van der Waals surface area contributed by atoms with Gasteiger partial charge < -0.3 is 4.90 Å². The molecule has 1 amide bonds. The molecule has 0 spiro atoms. The fourth-order valence-corrected chi connectivity index (χ4v) is 2.61. The van der Waals surface area contributed by atoms with Gasteiger partial charge in [0.25, 0.3) is 0 Å². The van der Waals surface area contributed by atoms with Crippen LogP contribution >= 0.6 is 0 Å². The number of benzene rings is 1. The number of amides is 1. The maximum absolute atomic E-state index is 12.3. The van der Waals surface area contributed by atoms with E-state index in [1.807, 2.05) is 46.0 Å². The van der Waals surface area contributed by atoms with Gasteiger partial charge in [0.15, 0.2) is 0 Å². The molecule has 1 aromatic carbocycles. The van der Waals surface area contributed by atoms with Crippen molar-refractivity contribution < 1.29 is 4.79 Å².